The van der Waals surface area contributed by atoms with Crippen molar-refractivity contribution in [1.82, 2.24) is 0 Å². The van der Waals surface area contributed by atoms with Crippen LogP contribution in [0.5, 0.6) is 0 Å². The van der Waals surface area contributed by atoms with Gasteiger partial charge in [-0.1, -0.05) is 29.8 Å². The monoisotopic (exact) mass is 154 g/mol. The number of hydrogen-bond acceptors (Lipinski definition) is 0. The molecule has 0 aromatic heterocycles. The van der Waals surface area contributed by atoms with Crippen molar-refractivity contribution in [2.24, 2.45) is 0 Å². The molecule has 0 amide bonds. The summed E-state index contributed by atoms with van der Waals surface area (Å²) in [7, 11) is 0. The predicted molar refractivity (Wildman–Crippen MR) is 41.9 cm³/mol. The summed E-state index contributed by atoms with van der Waals surface area (Å²) in [5.41, 5.74) is 1.13. The van der Waals surface area contributed by atoms with Crippen molar-refractivity contribution in [2.75, 3.05) is 0 Å². The standard InChI is InChI=1S/C7H7Cl.Si/c1-6-4-2-3-5-7(6)8;/h2-5H,1H3;. The molecule has 0 saturated heterocycles. The molecule has 2 heteroatoms. The Morgan fingerprint density at radius 3 is 2.11 bits per heavy atom. The molecule has 46 valence electrons. The summed E-state index contributed by atoms with van der Waals surface area (Å²) in [5.74, 6) is 0. The van der Waals surface area contributed by atoms with Gasteiger partial charge in [-0.15, -0.1) is 0 Å². The van der Waals surface area contributed by atoms with E-state index in [9.17, 15) is 0 Å². The number of hydrogen-bond donors (Lipinski definition) is 0. The predicted octanol–water partition coefficient (Wildman–Crippen LogP) is 2.27. The maximum atomic E-state index is 5.71. The first-order chi connectivity index (χ1) is 3.80. The molecule has 0 aliphatic heterocycles. The topological polar surface area (TPSA) is 0 Å². The normalized spacial score (nSPS) is 8.22. The van der Waals surface area contributed by atoms with Gasteiger partial charge in [0.2, 0.25) is 0 Å². The van der Waals surface area contributed by atoms with Gasteiger partial charge in [0, 0.05) is 16.0 Å². The van der Waals surface area contributed by atoms with Crippen LogP contribution in [-0.4, -0.2) is 11.0 Å². The van der Waals surface area contributed by atoms with Crippen molar-refractivity contribution < 1.29 is 0 Å². The van der Waals surface area contributed by atoms with E-state index >= 15 is 0 Å². The van der Waals surface area contributed by atoms with Crippen molar-refractivity contribution in [1.29, 1.82) is 0 Å². The highest BCUT2D eigenvalue weighted by Crippen LogP contribution is 2.11. The summed E-state index contributed by atoms with van der Waals surface area (Å²) in [6.45, 7) is 1.99. The van der Waals surface area contributed by atoms with E-state index < -0.39 is 0 Å². The molecular formula is C7H7ClSi. The molecule has 0 heterocycles. The Bertz CT molecular complexity index is 165. The van der Waals surface area contributed by atoms with Crippen LogP contribution in [0.1, 0.15) is 5.56 Å². The van der Waals surface area contributed by atoms with Gasteiger partial charge in [-0.3, -0.25) is 0 Å². The smallest absolute Gasteiger partial charge is 0.0435 e. The Balaban J connectivity index is 0.000000640. The van der Waals surface area contributed by atoms with Crippen LogP contribution in [0, 0.1) is 6.92 Å². The minimum absolute atomic E-state index is 0. The average molecular weight is 155 g/mol. The van der Waals surface area contributed by atoms with Gasteiger partial charge in [0.05, 0.1) is 0 Å². The number of aryl methyl sites for hydroxylation is 1. The molecule has 0 unspecified atom stereocenters. The van der Waals surface area contributed by atoms with Crippen LogP contribution in [0.2, 0.25) is 5.02 Å². The first-order valence-corrected chi connectivity index (χ1v) is 2.89. The van der Waals surface area contributed by atoms with E-state index in [0.717, 1.165) is 10.6 Å². The Labute approximate surface area is 64.9 Å². The van der Waals surface area contributed by atoms with Gasteiger partial charge in [-0.25, -0.2) is 0 Å². The van der Waals surface area contributed by atoms with Crippen molar-refractivity contribution in [3.05, 3.63) is 34.9 Å². The van der Waals surface area contributed by atoms with Crippen molar-refractivity contribution in [3.8, 4) is 0 Å². The highest BCUT2D eigenvalue weighted by Gasteiger charge is 1.86. The molecule has 0 nitrogen and oxygen atoms in total. The van der Waals surface area contributed by atoms with E-state index in [4.69, 9.17) is 11.6 Å². The van der Waals surface area contributed by atoms with Gasteiger partial charge in [0.25, 0.3) is 0 Å². The van der Waals surface area contributed by atoms with E-state index in [-0.39, 0.29) is 11.0 Å². The quantitative estimate of drug-likeness (QED) is 0.503. The molecule has 0 aliphatic carbocycles. The zero-order chi connectivity index (χ0) is 5.98. The minimum atomic E-state index is 0. The summed E-state index contributed by atoms with van der Waals surface area (Å²) >= 11 is 5.71. The van der Waals surface area contributed by atoms with E-state index in [0.29, 0.717) is 0 Å². The van der Waals surface area contributed by atoms with Crippen molar-refractivity contribution in [3.63, 3.8) is 0 Å². The first-order valence-electron chi connectivity index (χ1n) is 2.52. The summed E-state index contributed by atoms with van der Waals surface area (Å²) in [5, 5.41) is 0.840. The molecule has 0 aliphatic rings. The van der Waals surface area contributed by atoms with E-state index in [1.54, 1.807) is 0 Å². The number of halogens is 1. The van der Waals surface area contributed by atoms with Crippen LogP contribution in [0.3, 0.4) is 0 Å². The number of rotatable bonds is 0. The Morgan fingerprint density at radius 1 is 1.22 bits per heavy atom. The zero-order valence-corrected chi connectivity index (χ0v) is 6.94. The molecule has 0 saturated carbocycles. The second kappa shape index (κ2) is 3.70. The molecule has 0 N–H and O–H groups in total. The van der Waals surface area contributed by atoms with Gasteiger partial charge in [0.15, 0.2) is 0 Å². The van der Waals surface area contributed by atoms with Gasteiger partial charge in [0.1, 0.15) is 0 Å². The molecule has 0 bridgehead atoms. The van der Waals surface area contributed by atoms with Crippen molar-refractivity contribution in [2.45, 2.75) is 6.92 Å². The minimum Gasteiger partial charge on any atom is -0.0841 e. The fraction of sp³-hybridized carbons (Fsp3) is 0.143. The van der Waals surface area contributed by atoms with Crippen LogP contribution < -0.4 is 0 Å². The second-order valence-corrected chi connectivity index (χ2v) is 2.16. The van der Waals surface area contributed by atoms with Gasteiger partial charge in [-0.05, 0) is 18.6 Å². The van der Waals surface area contributed by atoms with E-state index in [2.05, 4.69) is 0 Å². The number of benzene rings is 1. The Hall–Kier alpha value is -0.273. The van der Waals surface area contributed by atoms with Gasteiger partial charge < -0.3 is 0 Å². The maximum absolute atomic E-state index is 5.71. The SMILES string of the molecule is Cc1ccccc1Cl.[Si]. The van der Waals surface area contributed by atoms with E-state index in [1.165, 1.54) is 0 Å². The molecule has 1 aromatic rings. The summed E-state index contributed by atoms with van der Waals surface area (Å²) < 4.78 is 0. The first kappa shape index (κ1) is 8.73. The summed E-state index contributed by atoms with van der Waals surface area (Å²) in [6.07, 6.45) is 0. The third-order valence-electron chi connectivity index (χ3n) is 1.08. The average Bonchev–Trinajstić information content (AvgIpc) is 1.77. The molecule has 4 radical (unpaired) electrons. The van der Waals surface area contributed by atoms with Crippen LogP contribution in [0.15, 0.2) is 24.3 Å². The molecule has 0 fully saturated rings. The third-order valence-corrected chi connectivity index (χ3v) is 1.50. The fourth-order valence-corrected chi connectivity index (χ4v) is 0.687. The Kier molecular flexibility index (Phi) is 3.58. The summed E-state index contributed by atoms with van der Waals surface area (Å²) in [6, 6.07) is 7.77. The lowest BCUT2D eigenvalue weighted by Crippen LogP contribution is -1.68. The molecular weight excluding hydrogens is 148 g/mol. The largest absolute Gasteiger partial charge is 0.0841 e. The lowest BCUT2D eigenvalue weighted by atomic mass is 10.2. The molecule has 1 aromatic carbocycles. The fourth-order valence-electron chi connectivity index (χ4n) is 0.551. The van der Waals surface area contributed by atoms with Crippen molar-refractivity contribution >= 4 is 22.6 Å². The van der Waals surface area contributed by atoms with E-state index in [1.807, 2.05) is 31.2 Å². The third kappa shape index (κ3) is 2.20. The maximum Gasteiger partial charge on any atom is 0.0435 e. The molecule has 9 heavy (non-hydrogen) atoms. The zero-order valence-electron chi connectivity index (χ0n) is 5.19. The Morgan fingerprint density at radius 2 is 1.78 bits per heavy atom. The van der Waals surface area contributed by atoms with Crippen LogP contribution in [0.25, 0.3) is 0 Å². The highest BCUT2D eigenvalue weighted by molar-refractivity contribution is 6.31. The molecule has 0 atom stereocenters. The second-order valence-electron chi connectivity index (χ2n) is 1.75. The van der Waals surface area contributed by atoms with Gasteiger partial charge >= 0.3 is 0 Å². The molecule has 0 spiro atoms. The lowest BCUT2D eigenvalue weighted by Gasteiger charge is -1.90. The highest BCUT2D eigenvalue weighted by atomic mass is 35.5. The van der Waals surface area contributed by atoms with Crippen LogP contribution in [-0.2, 0) is 0 Å². The van der Waals surface area contributed by atoms with Crippen LogP contribution in [0.4, 0.5) is 0 Å². The molecule has 1 rings (SSSR count). The van der Waals surface area contributed by atoms with Gasteiger partial charge in [-0.2, -0.15) is 0 Å². The summed E-state index contributed by atoms with van der Waals surface area (Å²) in [4.78, 5) is 0. The lowest BCUT2D eigenvalue weighted by molar-refractivity contribution is 1.47. The van der Waals surface area contributed by atoms with Crippen LogP contribution >= 0.6 is 11.6 Å².